The monoisotopic (exact) mass is 664 g/mol. The van der Waals surface area contributed by atoms with Crippen LogP contribution < -0.4 is 9.80 Å². The number of rotatable bonds is 6. The molecule has 10 nitrogen and oxygen atoms in total. The summed E-state index contributed by atoms with van der Waals surface area (Å²) < 4.78 is 85.0. The quantitative estimate of drug-likeness (QED) is 0.199. The van der Waals surface area contributed by atoms with Gasteiger partial charge in [-0.05, 0) is 49.2 Å². The lowest BCUT2D eigenvalue weighted by molar-refractivity contribution is -0.138. The van der Waals surface area contributed by atoms with Crippen LogP contribution in [-0.2, 0) is 43.3 Å². The summed E-state index contributed by atoms with van der Waals surface area (Å²) >= 11 is 0. The Bertz CT molecular complexity index is 1810. The first kappa shape index (κ1) is 33.3. The molecular formula is C31H30F6N6O4. The Morgan fingerprint density at radius 2 is 1.17 bits per heavy atom. The maximum atomic E-state index is 12.9. The molecule has 2 aromatic heterocycles. The Labute approximate surface area is 264 Å². The molecule has 4 aromatic rings. The Hall–Kier alpha value is -5.02. The van der Waals surface area contributed by atoms with Crippen LogP contribution in [-0.4, -0.2) is 56.8 Å². The van der Waals surface area contributed by atoms with Crippen molar-refractivity contribution in [2.75, 3.05) is 30.0 Å². The molecule has 2 aliphatic rings. The number of hydrogen-bond acceptors (Lipinski definition) is 7. The third-order valence-corrected chi connectivity index (χ3v) is 7.82. The number of carboxylic acid groups (broad SMARTS) is 1. The van der Waals surface area contributed by atoms with E-state index in [0.29, 0.717) is 65.9 Å². The molecule has 6 rings (SSSR count). The first-order chi connectivity index (χ1) is 22.1. The van der Waals surface area contributed by atoms with Crippen molar-refractivity contribution >= 4 is 23.6 Å². The van der Waals surface area contributed by atoms with Gasteiger partial charge in [0.1, 0.15) is 22.8 Å². The van der Waals surface area contributed by atoms with Crippen molar-refractivity contribution in [1.29, 1.82) is 0 Å². The lowest BCUT2D eigenvalue weighted by Crippen LogP contribution is -2.22. The maximum absolute atomic E-state index is 12.9. The molecule has 16 heteroatoms. The Balaban J connectivity index is 0.000000185. The molecule has 0 amide bonds. The molecular weight excluding hydrogens is 634 g/mol. The van der Waals surface area contributed by atoms with Crippen molar-refractivity contribution < 1.29 is 45.8 Å². The number of anilines is 2. The number of aryl methyl sites for hydroxylation is 2. The van der Waals surface area contributed by atoms with E-state index in [1.807, 2.05) is 4.90 Å². The van der Waals surface area contributed by atoms with Gasteiger partial charge in [0, 0.05) is 26.2 Å². The van der Waals surface area contributed by atoms with Crippen molar-refractivity contribution in [3.63, 3.8) is 0 Å². The van der Waals surface area contributed by atoms with Gasteiger partial charge >= 0.3 is 24.3 Å². The van der Waals surface area contributed by atoms with Crippen molar-refractivity contribution in [2.45, 2.75) is 52.4 Å². The lowest BCUT2D eigenvalue weighted by Gasteiger charge is -2.19. The predicted octanol–water partition coefficient (Wildman–Crippen LogP) is 5.95. The van der Waals surface area contributed by atoms with Crippen LogP contribution >= 0.6 is 0 Å². The maximum Gasteiger partial charge on any atom is 0.416 e. The van der Waals surface area contributed by atoms with Crippen molar-refractivity contribution in [2.24, 2.45) is 0 Å². The molecule has 0 bridgehead atoms. The number of alkyl halides is 6. The van der Waals surface area contributed by atoms with Crippen LogP contribution in [0.1, 0.15) is 54.4 Å². The van der Waals surface area contributed by atoms with Gasteiger partial charge in [-0.25, -0.2) is 19.0 Å². The van der Waals surface area contributed by atoms with E-state index < -0.39 is 35.4 Å². The Morgan fingerprint density at radius 1 is 0.745 bits per heavy atom. The number of aromatic carboxylic acids is 1. The van der Waals surface area contributed by atoms with Gasteiger partial charge in [-0.15, -0.1) is 0 Å². The standard InChI is InChI=1S/C16H16F3N3O2.C15H14F3N3O2/c1-10-13(15(23)24-2)14-21(6-7-22(14)20-10)9-11-4-3-5-12(8-11)16(17,18)19;1-9-12(14(22)23)13-20(5-6-21(13)19-9)8-10-3-2-4-11(7-10)15(16,17)18/h3-5,8H,6-7,9H2,1-2H3;2-4,7H,5-6,8H2,1H3,(H,22,23). The lowest BCUT2D eigenvalue weighted by atomic mass is 10.1. The van der Waals surface area contributed by atoms with Gasteiger partial charge in [-0.1, -0.05) is 24.3 Å². The highest BCUT2D eigenvalue weighted by Crippen LogP contribution is 2.34. The van der Waals surface area contributed by atoms with Gasteiger partial charge in [0.25, 0.3) is 0 Å². The molecule has 47 heavy (non-hydrogen) atoms. The van der Waals surface area contributed by atoms with Crippen LogP contribution in [0.5, 0.6) is 0 Å². The Kier molecular flexibility index (Phi) is 8.97. The minimum absolute atomic E-state index is 0.106. The number of hydrogen-bond donors (Lipinski definition) is 1. The zero-order valence-electron chi connectivity index (χ0n) is 25.5. The van der Waals surface area contributed by atoms with E-state index in [4.69, 9.17) is 4.74 Å². The third kappa shape index (κ3) is 6.90. The third-order valence-electron chi connectivity index (χ3n) is 7.82. The zero-order valence-corrected chi connectivity index (χ0v) is 25.5. The van der Waals surface area contributed by atoms with E-state index in [2.05, 4.69) is 10.2 Å². The SMILES string of the molecule is COC(=O)c1c(C)nn2c1N(Cc1cccc(C(F)(F)F)c1)CC2.Cc1nn2c(c1C(=O)O)N(Cc1cccc(C(F)(F)F)c1)CC2. The molecule has 2 aliphatic heterocycles. The molecule has 0 saturated carbocycles. The number of carbonyl (C=O) groups is 2. The number of benzene rings is 2. The molecule has 0 radical (unpaired) electrons. The van der Waals surface area contributed by atoms with Crippen molar-refractivity contribution in [3.8, 4) is 0 Å². The number of methoxy groups -OCH3 is 1. The zero-order chi connectivity index (χ0) is 34.3. The summed E-state index contributed by atoms with van der Waals surface area (Å²) in [7, 11) is 1.29. The molecule has 0 atom stereocenters. The van der Waals surface area contributed by atoms with Crippen LogP contribution in [0.2, 0.25) is 0 Å². The van der Waals surface area contributed by atoms with Crippen molar-refractivity contribution in [3.05, 3.63) is 93.3 Å². The smallest absolute Gasteiger partial charge is 0.416 e. The number of carboxylic acids is 1. The summed E-state index contributed by atoms with van der Waals surface area (Å²) in [6.45, 7) is 5.96. The van der Waals surface area contributed by atoms with E-state index in [1.54, 1.807) is 40.2 Å². The second-order valence-corrected chi connectivity index (χ2v) is 11.1. The first-order valence-corrected chi connectivity index (χ1v) is 14.4. The molecule has 0 aliphatic carbocycles. The molecule has 1 N–H and O–H groups in total. The number of aromatic nitrogens is 4. The van der Waals surface area contributed by atoms with E-state index in [0.717, 1.165) is 24.3 Å². The minimum Gasteiger partial charge on any atom is -0.477 e. The van der Waals surface area contributed by atoms with Crippen LogP contribution in [0.4, 0.5) is 38.0 Å². The van der Waals surface area contributed by atoms with E-state index in [-0.39, 0.29) is 18.7 Å². The average Bonchev–Trinajstić information content (AvgIpc) is 3.74. The summed E-state index contributed by atoms with van der Waals surface area (Å²) in [5.74, 6) is -0.534. The van der Waals surface area contributed by atoms with E-state index in [1.165, 1.54) is 19.2 Å². The largest absolute Gasteiger partial charge is 0.477 e. The highest BCUT2D eigenvalue weighted by Gasteiger charge is 2.34. The minimum atomic E-state index is -4.40. The van der Waals surface area contributed by atoms with Crippen LogP contribution in [0.3, 0.4) is 0 Å². The van der Waals surface area contributed by atoms with Crippen LogP contribution in [0.25, 0.3) is 0 Å². The summed E-state index contributed by atoms with van der Waals surface area (Å²) in [6, 6.07) is 10.3. The molecule has 0 spiro atoms. The first-order valence-electron chi connectivity index (χ1n) is 14.4. The molecule has 250 valence electrons. The van der Waals surface area contributed by atoms with Crippen LogP contribution in [0, 0.1) is 13.8 Å². The molecule has 0 unspecified atom stereocenters. The summed E-state index contributed by atoms with van der Waals surface area (Å²) in [4.78, 5) is 27.0. The topological polar surface area (TPSA) is 106 Å². The molecule has 0 fully saturated rings. The fourth-order valence-electron chi connectivity index (χ4n) is 5.77. The summed E-state index contributed by atoms with van der Waals surface area (Å²) in [5, 5.41) is 17.8. The second-order valence-electron chi connectivity index (χ2n) is 11.1. The molecule has 2 aromatic carbocycles. The number of carbonyl (C=O) groups excluding carboxylic acids is 1. The summed E-state index contributed by atoms with van der Waals surface area (Å²) in [6.07, 6.45) is -8.78. The van der Waals surface area contributed by atoms with Gasteiger partial charge in [-0.3, -0.25) is 0 Å². The van der Waals surface area contributed by atoms with E-state index in [9.17, 15) is 41.0 Å². The molecule has 0 saturated heterocycles. The molecule has 4 heterocycles. The van der Waals surface area contributed by atoms with Gasteiger partial charge in [0.15, 0.2) is 0 Å². The number of esters is 1. The van der Waals surface area contributed by atoms with Crippen LogP contribution in [0.15, 0.2) is 48.5 Å². The van der Waals surface area contributed by atoms with Gasteiger partial charge in [0.2, 0.25) is 0 Å². The number of halogens is 6. The van der Waals surface area contributed by atoms with Crippen molar-refractivity contribution in [1.82, 2.24) is 19.6 Å². The number of fused-ring (bicyclic) bond motifs is 2. The predicted molar refractivity (Wildman–Crippen MR) is 157 cm³/mol. The second kappa shape index (κ2) is 12.6. The Morgan fingerprint density at radius 3 is 1.57 bits per heavy atom. The fraction of sp³-hybridized carbons (Fsp3) is 0.355. The highest BCUT2D eigenvalue weighted by molar-refractivity contribution is 5.96. The normalized spacial score (nSPS) is 14.1. The number of nitrogens with zero attached hydrogens (tertiary/aromatic N) is 6. The van der Waals surface area contributed by atoms with E-state index >= 15 is 0 Å². The fourth-order valence-corrected chi connectivity index (χ4v) is 5.77. The number of ether oxygens (including phenoxy) is 1. The highest BCUT2D eigenvalue weighted by atomic mass is 19.4. The van der Waals surface area contributed by atoms with Gasteiger partial charge in [0.05, 0.1) is 42.7 Å². The van der Waals surface area contributed by atoms with Gasteiger partial charge < -0.3 is 19.6 Å². The average molecular weight is 665 g/mol. The van der Waals surface area contributed by atoms with Gasteiger partial charge in [-0.2, -0.15) is 36.5 Å². The summed E-state index contributed by atoms with van der Waals surface area (Å²) in [5.41, 5.74) is 1.02.